The van der Waals surface area contributed by atoms with Crippen molar-refractivity contribution in [1.29, 1.82) is 0 Å². The molecule has 6 amide bonds. The zero-order chi connectivity index (χ0) is 43.8. The molecule has 2 fully saturated rings. The first-order valence-corrected chi connectivity index (χ1v) is 21.4. The highest BCUT2D eigenvalue weighted by molar-refractivity contribution is 6.30. The number of fused-ring (bicyclic) bond motifs is 2. The molecule has 0 saturated carbocycles. The largest absolute Gasteiger partial charge is 0.387 e. The zero-order valence-electron chi connectivity index (χ0n) is 34.6. The highest BCUT2D eigenvalue weighted by atomic mass is 35.5. The molecule has 2 saturated heterocycles. The number of rotatable bonds is 19. The quantitative estimate of drug-likeness (QED) is 0.0856. The van der Waals surface area contributed by atoms with Crippen molar-refractivity contribution >= 4 is 58.5 Å². The Morgan fingerprint density at radius 3 is 2.45 bits per heavy atom. The first kappa shape index (κ1) is 44.5. The molecule has 7 rings (SSSR count). The van der Waals surface area contributed by atoms with Crippen LogP contribution in [0.3, 0.4) is 0 Å². The van der Waals surface area contributed by atoms with Crippen molar-refractivity contribution in [3.8, 4) is 0 Å². The van der Waals surface area contributed by atoms with E-state index in [2.05, 4.69) is 43.1 Å². The van der Waals surface area contributed by atoms with E-state index in [1.54, 1.807) is 24.3 Å². The number of benzene rings is 2. The fraction of sp³-hybridized carbons (Fsp3) is 0.488. The van der Waals surface area contributed by atoms with E-state index in [9.17, 15) is 33.9 Å². The minimum Gasteiger partial charge on any atom is -0.387 e. The Bertz CT molecular complexity index is 2150. The number of aliphatic hydroxyl groups excluding tert-OH is 1. The van der Waals surface area contributed by atoms with E-state index in [4.69, 9.17) is 21.1 Å². The maximum absolute atomic E-state index is 14.0. The number of carbonyl (C=O) groups excluding carboxylic acids is 6. The summed E-state index contributed by atoms with van der Waals surface area (Å²) in [7, 11) is 0. The predicted molar refractivity (Wildman–Crippen MR) is 227 cm³/mol. The maximum atomic E-state index is 14.0. The third-order valence-electron chi connectivity index (χ3n) is 11.6. The van der Waals surface area contributed by atoms with Crippen LogP contribution >= 0.6 is 11.6 Å². The third kappa shape index (κ3) is 10.2. The van der Waals surface area contributed by atoms with E-state index in [0.717, 1.165) is 21.8 Å². The average Bonchev–Trinajstić information content (AvgIpc) is 3.71. The monoisotopic (exact) mass is 873 g/mol. The third-order valence-corrected chi connectivity index (χ3v) is 11.8. The van der Waals surface area contributed by atoms with Crippen LogP contribution in [0.25, 0.3) is 0 Å². The van der Waals surface area contributed by atoms with Crippen LogP contribution < -0.4 is 26.2 Å². The molecule has 4 heterocycles. The van der Waals surface area contributed by atoms with E-state index in [0.29, 0.717) is 75.2 Å². The number of carbonyl (C=O) groups is 6. The van der Waals surface area contributed by atoms with Gasteiger partial charge >= 0.3 is 0 Å². The molecule has 18 nitrogen and oxygen atoms in total. The van der Waals surface area contributed by atoms with Crippen LogP contribution in [0.15, 0.2) is 48.8 Å². The van der Waals surface area contributed by atoms with E-state index in [1.807, 2.05) is 17.0 Å². The number of hydrogen-bond donors (Lipinski definition) is 5. The molecule has 1 aliphatic carbocycles. The summed E-state index contributed by atoms with van der Waals surface area (Å²) in [5, 5.41) is 22.6. The SMILES string of the molecule is C[C@@H]1C[C@@H](O)c2ncnc(N3CCN(C(=O)[C@H](CNCCNC(=O)CCOCCOCCNc4cccc5c4C(=O)N(C4CCC(=O)NC4=O)C5=O)c4ccc(Cl)cc4)CC3)c21. The van der Waals surface area contributed by atoms with Crippen molar-refractivity contribution in [1.82, 2.24) is 35.7 Å². The minimum atomic E-state index is -1.04. The van der Waals surface area contributed by atoms with Gasteiger partial charge in [-0.25, -0.2) is 9.97 Å². The summed E-state index contributed by atoms with van der Waals surface area (Å²) in [5.41, 5.74) is 3.35. The summed E-state index contributed by atoms with van der Waals surface area (Å²) in [4.78, 5) is 90.5. The second-order valence-corrected chi connectivity index (χ2v) is 16.1. The summed E-state index contributed by atoms with van der Waals surface area (Å²) in [6, 6.07) is 11.1. The van der Waals surface area contributed by atoms with E-state index < -0.39 is 41.7 Å². The molecule has 0 spiro atoms. The van der Waals surface area contributed by atoms with Gasteiger partial charge in [0.1, 0.15) is 18.2 Å². The van der Waals surface area contributed by atoms with Gasteiger partial charge in [-0.05, 0) is 48.6 Å². The van der Waals surface area contributed by atoms with Gasteiger partial charge in [0.2, 0.25) is 23.6 Å². The molecule has 0 radical (unpaired) electrons. The van der Waals surface area contributed by atoms with Gasteiger partial charge in [-0.1, -0.05) is 36.7 Å². The van der Waals surface area contributed by atoms with Gasteiger partial charge in [0.25, 0.3) is 11.8 Å². The molecule has 19 heteroatoms. The van der Waals surface area contributed by atoms with Crippen molar-refractivity contribution in [3.05, 3.63) is 81.8 Å². The molecule has 1 aromatic heterocycles. The summed E-state index contributed by atoms with van der Waals surface area (Å²) < 4.78 is 11.2. The van der Waals surface area contributed by atoms with Crippen LogP contribution in [0.5, 0.6) is 0 Å². The molecule has 62 heavy (non-hydrogen) atoms. The molecular weight excluding hydrogens is 822 g/mol. The highest BCUT2D eigenvalue weighted by Gasteiger charge is 2.45. The number of halogens is 1. The number of piperazine rings is 1. The number of nitrogens with one attached hydrogen (secondary N) is 4. The molecule has 2 aromatic carbocycles. The van der Waals surface area contributed by atoms with E-state index in [1.165, 1.54) is 12.4 Å². The van der Waals surface area contributed by atoms with Gasteiger partial charge in [0.05, 0.1) is 55.3 Å². The van der Waals surface area contributed by atoms with Crippen LogP contribution in [0.2, 0.25) is 5.02 Å². The summed E-state index contributed by atoms with van der Waals surface area (Å²) in [6.07, 6.45) is 1.84. The lowest BCUT2D eigenvalue weighted by molar-refractivity contribution is -0.136. The average molecular weight is 874 g/mol. The van der Waals surface area contributed by atoms with Crippen LogP contribution in [-0.4, -0.2) is 145 Å². The molecule has 330 valence electrons. The van der Waals surface area contributed by atoms with Crippen LogP contribution in [0.1, 0.15) is 88.1 Å². The van der Waals surface area contributed by atoms with Crippen LogP contribution in [0.4, 0.5) is 11.5 Å². The number of piperidine rings is 1. The Morgan fingerprint density at radius 1 is 0.935 bits per heavy atom. The lowest BCUT2D eigenvalue weighted by Crippen LogP contribution is -2.54. The molecular formula is C43H52ClN9O9. The Morgan fingerprint density at radius 2 is 1.69 bits per heavy atom. The number of ether oxygens (including phenoxy) is 2. The van der Waals surface area contributed by atoms with Gasteiger partial charge in [-0.15, -0.1) is 0 Å². The second kappa shape index (κ2) is 20.6. The number of anilines is 2. The topological polar surface area (TPSA) is 225 Å². The van der Waals surface area contributed by atoms with Crippen molar-refractivity contribution in [2.45, 2.75) is 56.6 Å². The fourth-order valence-electron chi connectivity index (χ4n) is 8.39. The van der Waals surface area contributed by atoms with Crippen molar-refractivity contribution < 1.29 is 43.3 Å². The highest BCUT2D eigenvalue weighted by Crippen LogP contribution is 2.43. The van der Waals surface area contributed by atoms with Gasteiger partial charge in [0, 0.05) is 81.5 Å². The normalized spacial score (nSPS) is 20.2. The lowest BCUT2D eigenvalue weighted by Gasteiger charge is -2.38. The number of imide groups is 2. The van der Waals surface area contributed by atoms with Crippen molar-refractivity contribution in [2.75, 3.05) is 89.0 Å². The Hall–Kier alpha value is -5.53. The smallest absolute Gasteiger partial charge is 0.264 e. The van der Waals surface area contributed by atoms with E-state index in [-0.39, 0.29) is 74.5 Å². The molecule has 3 aromatic rings. The molecule has 3 aliphatic heterocycles. The molecule has 4 atom stereocenters. The second-order valence-electron chi connectivity index (χ2n) is 15.7. The summed E-state index contributed by atoms with van der Waals surface area (Å²) in [5.74, 6) is -1.88. The van der Waals surface area contributed by atoms with Crippen molar-refractivity contribution in [3.63, 3.8) is 0 Å². The Labute approximate surface area is 364 Å². The van der Waals surface area contributed by atoms with Gasteiger partial charge in [-0.2, -0.15) is 0 Å². The molecule has 1 unspecified atom stereocenters. The predicted octanol–water partition coefficient (Wildman–Crippen LogP) is 1.75. The lowest BCUT2D eigenvalue weighted by atomic mass is 9.97. The first-order chi connectivity index (χ1) is 30.0. The number of amides is 6. The number of aromatic nitrogens is 2. The van der Waals surface area contributed by atoms with Gasteiger partial charge in [0.15, 0.2) is 0 Å². The standard InChI is InChI=1S/C43H52ClN9O9/c1-26-23-33(54)38-36(26)39(49-25-48-38)51-15-17-52(18-16-51)41(58)30(27-5-7-28(44)8-6-27)24-45-12-13-47-34(55)11-19-61-21-22-62-20-14-46-31-4-2-3-29-37(31)43(60)53(42(29)59)32-9-10-35(56)50-40(32)57/h2-8,25-26,30,32-33,45-46,54H,9-24H2,1H3,(H,47,55)(H,50,56,57)/t26-,30-,32?,33-/m1/s1. The van der Waals surface area contributed by atoms with Crippen molar-refractivity contribution in [2.24, 2.45) is 0 Å². The van der Waals surface area contributed by atoms with Gasteiger partial charge in [-0.3, -0.25) is 39.0 Å². The maximum Gasteiger partial charge on any atom is 0.264 e. The van der Waals surface area contributed by atoms with Crippen LogP contribution in [-0.2, 0) is 28.7 Å². The minimum absolute atomic E-state index is 0.00577. The number of nitrogens with zero attached hydrogens (tertiary/aromatic N) is 5. The zero-order valence-corrected chi connectivity index (χ0v) is 35.3. The van der Waals surface area contributed by atoms with Crippen LogP contribution in [0, 0.1) is 0 Å². The van der Waals surface area contributed by atoms with Gasteiger partial charge < -0.3 is 40.3 Å². The number of hydrogen-bond acceptors (Lipinski definition) is 14. The number of aliphatic hydroxyl groups is 1. The first-order valence-electron chi connectivity index (χ1n) is 21.0. The van der Waals surface area contributed by atoms with E-state index >= 15 is 0 Å². The summed E-state index contributed by atoms with van der Waals surface area (Å²) in [6.45, 7) is 6.91. The Balaban J connectivity index is 0.766. The summed E-state index contributed by atoms with van der Waals surface area (Å²) >= 11 is 6.17. The fourth-order valence-corrected chi connectivity index (χ4v) is 8.51. The Kier molecular flexibility index (Phi) is 14.8. The molecule has 0 bridgehead atoms. The molecule has 4 aliphatic rings. The molecule has 5 N–H and O–H groups in total.